The van der Waals surface area contributed by atoms with Crippen molar-refractivity contribution in [2.75, 3.05) is 6.54 Å². The maximum Gasteiger partial charge on any atom is 0.318 e. The van der Waals surface area contributed by atoms with Crippen LogP contribution >= 0.6 is 0 Å². The molecule has 0 radical (unpaired) electrons. The molecular formula is C11H16N4O. The van der Waals surface area contributed by atoms with Crippen molar-refractivity contribution in [3.63, 3.8) is 0 Å². The smallest absolute Gasteiger partial charge is 0.318 e. The van der Waals surface area contributed by atoms with Crippen LogP contribution in [0.15, 0.2) is 12.4 Å². The lowest BCUT2D eigenvalue weighted by molar-refractivity contribution is 0.172. The molecule has 0 saturated heterocycles. The Hall–Kier alpha value is -1.52. The van der Waals surface area contributed by atoms with Gasteiger partial charge in [0.25, 0.3) is 0 Å². The molecule has 5 nitrogen and oxygen atoms in total. The van der Waals surface area contributed by atoms with E-state index in [4.69, 9.17) is 0 Å². The molecular weight excluding hydrogens is 204 g/mol. The molecule has 1 aliphatic heterocycles. The molecule has 3 rings (SSSR count). The van der Waals surface area contributed by atoms with Gasteiger partial charge in [-0.2, -0.15) is 0 Å². The van der Waals surface area contributed by atoms with Crippen molar-refractivity contribution in [1.29, 1.82) is 0 Å². The lowest BCUT2D eigenvalue weighted by atomic mass is 9.93. The number of imidazole rings is 1. The van der Waals surface area contributed by atoms with Gasteiger partial charge in [0.05, 0.1) is 6.54 Å². The van der Waals surface area contributed by atoms with E-state index >= 15 is 0 Å². The van der Waals surface area contributed by atoms with Crippen molar-refractivity contribution in [2.45, 2.75) is 38.4 Å². The zero-order chi connectivity index (χ0) is 11.0. The van der Waals surface area contributed by atoms with Gasteiger partial charge in [0.2, 0.25) is 0 Å². The SMILES string of the molecule is O=C(NC1CCC1)N1CCn2ccnc2C1. The van der Waals surface area contributed by atoms with Gasteiger partial charge < -0.3 is 14.8 Å². The fraction of sp³-hybridized carbons (Fsp3) is 0.636. The summed E-state index contributed by atoms with van der Waals surface area (Å²) in [7, 11) is 0. The third-order valence-electron chi connectivity index (χ3n) is 3.46. The number of carbonyl (C=O) groups is 1. The summed E-state index contributed by atoms with van der Waals surface area (Å²) in [6.45, 7) is 2.26. The Morgan fingerprint density at radius 2 is 2.31 bits per heavy atom. The van der Waals surface area contributed by atoms with Gasteiger partial charge in [-0.1, -0.05) is 0 Å². The standard InChI is InChI=1S/C11H16N4O/c16-11(13-9-2-1-3-9)15-7-6-14-5-4-12-10(14)8-15/h4-5,9H,1-3,6-8H2,(H,13,16). The lowest BCUT2D eigenvalue weighted by Crippen LogP contribution is -2.49. The number of hydrogen-bond donors (Lipinski definition) is 1. The third-order valence-corrected chi connectivity index (χ3v) is 3.46. The molecule has 1 fully saturated rings. The molecule has 0 bridgehead atoms. The summed E-state index contributed by atoms with van der Waals surface area (Å²) in [5, 5.41) is 3.06. The fourth-order valence-electron chi connectivity index (χ4n) is 2.17. The number of aromatic nitrogens is 2. The van der Waals surface area contributed by atoms with E-state index in [1.165, 1.54) is 6.42 Å². The molecule has 1 aromatic rings. The van der Waals surface area contributed by atoms with Gasteiger partial charge in [-0.15, -0.1) is 0 Å². The van der Waals surface area contributed by atoms with Crippen LogP contribution in [0.1, 0.15) is 25.1 Å². The quantitative estimate of drug-likeness (QED) is 0.766. The van der Waals surface area contributed by atoms with Gasteiger partial charge in [0.1, 0.15) is 5.82 Å². The summed E-state index contributed by atoms with van der Waals surface area (Å²) >= 11 is 0. The molecule has 0 spiro atoms. The van der Waals surface area contributed by atoms with E-state index in [1.807, 2.05) is 11.1 Å². The average Bonchev–Trinajstić information content (AvgIpc) is 2.69. The van der Waals surface area contributed by atoms with Crippen molar-refractivity contribution in [1.82, 2.24) is 19.8 Å². The first-order valence-electron chi connectivity index (χ1n) is 5.88. The number of fused-ring (bicyclic) bond motifs is 1. The summed E-state index contributed by atoms with van der Waals surface area (Å²) in [6.07, 6.45) is 7.27. The molecule has 16 heavy (non-hydrogen) atoms. The molecule has 2 aliphatic rings. The Labute approximate surface area is 94.4 Å². The molecule has 0 unspecified atom stereocenters. The summed E-state index contributed by atoms with van der Waals surface area (Å²) in [5.41, 5.74) is 0. The largest absolute Gasteiger partial charge is 0.335 e. The highest BCUT2D eigenvalue weighted by Gasteiger charge is 2.25. The summed E-state index contributed by atoms with van der Waals surface area (Å²) in [5.74, 6) is 0.981. The van der Waals surface area contributed by atoms with Crippen LogP contribution in [0.5, 0.6) is 0 Å². The van der Waals surface area contributed by atoms with Gasteiger partial charge in [-0.05, 0) is 19.3 Å². The van der Waals surface area contributed by atoms with Gasteiger partial charge in [0.15, 0.2) is 0 Å². The Kier molecular flexibility index (Phi) is 2.31. The number of nitrogens with zero attached hydrogens (tertiary/aromatic N) is 3. The van der Waals surface area contributed by atoms with Gasteiger partial charge in [-0.25, -0.2) is 9.78 Å². The van der Waals surface area contributed by atoms with Crippen LogP contribution in [0.4, 0.5) is 4.79 Å². The average molecular weight is 220 g/mol. The van der Waals surface area contributed by atoms with Crippen LogP contribution in [0.3, 0.4) is 0 Å². The van der Waals surface area contributed by atoms with E-state index in [9.17, 15) is 4.79 Å². The molecule has 5 heteroatoms. The number of nitrogens with one attached hydrogen (secondary N) is 1. The van der Waals surface area contributed by atoms with Crippen molar-refractivity contribution in [3.05, 3.63) is 18.2 Å². The zero-order valence-electron chi connectivity index (χ0n) is 9.22. The Balaban J connectivity index is 1.62. The molecule has 0 atom stereocenters. The summed E-state index contributed by atoms with van der Waals surface area (Å²) in [6, 6.07) is 0.480. The van der Waals surface area contributed by atoms with Crippen LogP contribution in [0, 0.1) is 0 Å². The van der Waals surface area contributed by atoms with Crippen molar-refractivity contribution in [3.8, 4) is 0 Å². The minimum atomic E-state index is 0.0685. The molecule has 0 aromatic carbocycles. The van der Waals surface area contributed by atoms with Crippen molar-refractivity contribution < 1.29 is 4.79 Å². The molecule has 1 aromatic heterocycles. The van der Waals surface area contributed by atoms with Crippen LogP contribution in [0.25, 0.3) is 0 Å². The van der Waals surface area contributed by atoms with Crippen LogP contribution < -0.4 is 5.32 Å². The van der Waals surface area contributed by atoms with Gasteiger partial charge in [0, 0.05) is 31.5 Å². The second kappa shape index (κ2) is 3.81. The van der Waals surface area contributed by atoms with Crippen LogP contribution in [0.2, 0.25) is 0 Å². The molecule has 86 valence electrons. The maximum atomic E-state index is 11.9. The Bertz CT molecular complexity index is 396. The monoisotopic (exact) mass is 220 g/mol. The highest BCUT2D eigenvalue weighted by atomic mass is 16.2. The first-order valence-corrected chi connectivity index (χ1v) is 5.88. The zero-order valence-corrected chi connectivity index (χ0v) is 9.22. The third kappa shape index (κ3) is 1.66. The van der Waals surface area contributed by atoms with E-state index in [0.29, 0.717) is 12.6 Å². The first kappa shape index (κ1) is 9.69. The second-order valence-electron chi connectivity index (χ2n) is 4.54. The Morgan fingerprint density at radius 3 is 3.06 bits per heavy atom. The fourth-order valence-corrected chi connectivity index (χ4v) is 2.17. The summed E-state index contributed by atoms with van der Waals surface area (Å²) in [4.78, 5) is 18.0. The highest BCUT2D eigenvalue weighted by Crippen LogP contribution is 2.19. The number of urea groups is 1. The lowest BCUT2D eigenvalue weighted by Gasteiger charge is -2.32. The van der Waals surface area contributed by atoms with E-state index in [-0.39, 0.29) is 6.03 Å². The molecule has 1 saturated carbocycles. The van der Waals surface area contributed by atoms with E-state index in [1.54, 1.807) is 6.20 Å². The minimum absolute atomic E-state index is 0.0685. The predicted molar refractivity (Wildman–Crippen MR) is 58.8 cm³/mol. The number of carbonyl (C=O) groups excluding carboxylic acids is 1. The molecule has 2 heterocycles. The number of hydrogen-bond acceptors (Lipinski definition) is 2. The minimum Gasteiger partial charge on any atom is -0.335 e. The Morgan fingerprint density at radius 1 is 1.44 bits per heavy atom. The first-order chi connectivity index (χ1) is 7.83. The maximum absolute atomic E-state index is 11.9. The van der Waals surface area contributed by atoms with Gasteiger partial charge >= 0.3 is 6.03 Å². The topological polar surface area (TPSA) is 50.2 Å². The van der Waals surface area contributed by atoms with Gasteiger partial charge in [-0.3, -0.25) is 0 Å². The second-order valence-corrected chi connectivity index (χ2v) is 4.54. The van der Waals surface area contributed by atoms with E-state index in [2.05, 4.69) is 14.9 Å². The number of amides is 2. The van der Waals surface area contributed by atoms with Crippen LogP contribution in [-0.4, -0.2) is 33.1 Å². The summed E-state index contributed by atoms with van der Waals surface area (Å²) < 4.78 is 2.10. The normalized spacial score (nSPS) is 20.1. The molecule has 1 aliphatic carbocycles. The van der Waals surface area contributed by atoms with Crippen molar-refractivity contribution >= 4 is 6.03 Å². The van der Waals surface area contributed by atoms with E-state index < -0.39 is 0 Å². The number of rotatable bonds is 1. The molecule has 1 N–H and O–H groups in total. The van der Waals surface area contributed by atoms with E-state index in [0.717, 1.165) is 31.8 Å². The molecule has 2 amide bonds. The highest BCUT2D eigenvalue weighted by molar-refractivity contribution is 5.74. The van der Waals surface area contributed by atoms with Crippen molar-refractivity contribution in [2.24, 2.45) is 0 Å². The van der Waals surface area contributed by atoms with Crippen LogP contribution in [-0.2, 0) is 13.1 Å². The predicted octanol–water partition coefficient (Wildman–Crippen LogP) is 0.961.